The fourth-order valence-corrected chi connectivity index (χ4v) is 5.94. The Hall–Kier alpha value is -2.32. The molecule has 0 aliphatic carbocycles. The fraction of sp³-hybridized carbons (Fsp3) is 0.300. The van der Waals surface area contributed by atoms with Crippen LogP contribution >= 0.6 is 11.8 Å². The third kappa shape index (κ3) is 3.54. The highest BCUT2D eigenvalue weighted by atomic mass is 32.2. The molecule has 1 N–H and O–H groups in total. The van der Waals surface area contributed by atoms with E-state index >= 15 is 0 Å². The van der Waals surface area contributed by atoms with Crippen molar-refractivity contribution in [3.8, 4) is 0 Å². The highest BCUT2D eigenvalue weighted by Gasteiger charge is 2.31. The number of thioether (sulfide) groups is 1. The van der Waals surface area contributed by atoms with Crippen molar-refractivity contribution in [2.24, 2.45) is 5.92 Å². The summed E-state index contributed by atoms with van der Waals surface area (Å²) in [6, 6.07) is 12.4. The molecule has 6 nitrogen and oxygen atoms in total. The lowest BCUT2D eigenvalue weighted by Crippen LogP contribution is -2.36. The molecule has 1 atom stereocenters. The number of carbonyl (C=O) groups excluding carboxylic acids is 2. The molecule has 2 heterocycles. The van der Waals surface area contributed by atoms with Crippen molar-refractivity contribution >= 4 is 44.8 Å². The van der Waals surface area contributed by atoms with Gasteiger partial charge in [0.25, 0.3) is 0 Å². The van der Waals surface area contributed by atoms with Crippen molar-refractivity contribution in [3.63, 3.8) is 0 Å². The van der Waals surface area contributed by atoms with Gasteiger partial charge >= 0.3 is 0 Å². The minimum atomic E-state index is -3.67. The minimum Gasteiger partial charge on any atom is -0.324 e. The summed E-state index contributed by atoms with van der Waals surface area (Å²) in [6.07, 6.45) is 0.781. The van der Waals surface area contributed by atoms with Gasteiger partial charge in [-0.05, 0) is 36.2 Å². The molecule has 0 radical (unpaired) electrons. The Morgan fingerprint density at radius 3 is 2.86 bits per heavy atom. The molecule has 2 amide bonds. The van der Waals surface area contributed by atoms with E-state index in [4.69, 9.17) is 0 Å². The van der Waals surface area contributed by atoms with Crippen LogP contribution in [0.5, 0.6) is 0 Å². The summed E-state index contributed by atoms with van der Waals surface area (Å²) < 4.78 is 25.8. The van der Waals surface area contributed by atoms with Gasteiger partial charge in [-0.3, -0.25) is 9.59 Å². The Kier molecular flexibility index (Phi) is 4.93. The Bertz CT molecular complexity index is 1070. The van der Waals surface area contributed by atoms with Gasteiger partial charge in [-0.15, -0.1) is 11.8 Å². The number of hydrogen-bond donors (Lipinski definition) is 1. The van der Waals surface area contributed by atoms with E-state index in [0.717, 1.165) is 22.6 Å². The third-order valence-electron chi connectivity index (χ3n) is 4.99. The summed E-state index contributed by atoms with van der Waals surface area (Å²) in [5.74, 6) is -0.957. The summed E-state index contributed by atoms with van der Waals surface area (Å²) in [7, 11) is -3.67. The number of benzene rings is 2. The first-order valence-corrected chi connectivity index (χ1v) is 11.7. The summed E-state index contributed by atoms with van der Waals surface area (Å²) in [4.78, 5) is 27.1. The monoisotopic (exact) mass is 416 g/mol. The highest BCUT2D eigenvalue weighted by molar-refractivity contribution is 8.00. The van der Waals surface area contributed by atoms with Crippen LogP contribution in [0.2, 0.25) is 0 Å². The van der Waals surface area contributed by atoms with E-state index in [9.17, 15) is 18.0 Å². The summed E-state index contributed by atoms with van der Waals surface area (Å²) in [5.41, 5.74) is 2.48. The second-order valence-electron chi connectivity index (χ2n) is 7.05. The smallest absolute Gasteiger partial charge is 0.234 e. The van der Waals surface area contributed by atoms with Gasteiger partial charge in [0.1, 0.15) is 0 Å². The molecule has 146 valence electrons. The van der Waals surface area contributed by atoms with Gasteiger partial charge in [0.15, 0.2) is 9.84 Å². The quantitative estimate of drug-likeness (QED) is 0.829. The molecule has 2 aromatic rings. The first-order chi connectivity index (χ1) is 13.3. The lowest BCUT2D eigenvalue weighted by Gasteiger charge is -2.22. The summed E-state index contributed by atoms with van der Waals surface area (Å²) >= 11 is 1.38. The number of amides is 2. The number of sulfone groups is 1. The topological polar surface area (TPSA) is 83.5 Å². The number of anilines is 2. The van der Waals surface area contributed by atoms with Gasteiger partial charge in [0.2, 0.25) is 11.8 Å². The molecule has 0 spiro atoms. The van der Waals surface area contributed by atoms with Crippen molar-refractivity contribution in [1.82, 2.24) is 0 Å². The lowest BCUT2D eigenvalue weighted by atomic mass is 10.1. The zero-order chi connectivity index (χ0) is 19.9. The molecule has 28 heavy (non-hydrogen) atoms. The van der Waals surface area contributed by atoms with Crippen molar-refractivity contribution < 1.29 is 18.0 Å². The zero-order valence-electron chi connectivity index (χ0n) is 15.3. The van der Waals surface area contributed by atoms with E-state index in [1.54, 1.807) is 24.0 Å². The number of nitrogens with zero attached hydrogens (tertiary/aromatic N) is 1. The Balaban J connectivity index is 1.53. The van der Waals surface area contributed by atoms with Crippen LogP contribution in [-0.2, 0) is 25.8 Å². The maximum absolute atomic E-state index is 12.9. The average molecular weight is 417 g/mol. The van der Waals surface area contributed by atoms with Crippen LogP contribution in [0.3, 0.4) is 0 Å². The second kappa shape index (κ2) is 7.25. The summed E-state index contributed by atoms with van der Waals surface area (Å²) in [5, 5.41) is 2.70. The predicted octanol–water partition coefficient (Wildman–Crippen LogP) is 2.73. The molecule has 2 aromatic carbocycles. The number of nitrogens with one attached hydrogen (secondary N) is 1. The van der Waals surface area contributed by atoms with E-state index in [1.165, 1.54) is 17.8 Å². The first-order valence-electron chi connectivity index (χ1n) is 9.04. The maximum Gasteiger partial charge on any atom is 0.234 e. The van der Waals surface area contributed by atoms with Gasteiger partial charge < -0.3 is 10.2 Å². The highest BCUT2D eigenvalue weighted by Crippen LogP contribution is 2.34. The van der Waals surface area contributed by atoms with Crippen LogP contribution in [-0.4, -0.2) is 38.3 Å². The van der Waals surface area contributed by atoms with E-state index in [2.05, 4.69) is 5.32 Å². The molecular weight excluding hydrogens is 396 g/mol. The van der Waals surface area contributed by atoms with Crippen molar-refractivity contribution in [1.29, 1.82) is 0 Å². The fourth-order valence-electron chi connectivity index (χ4n) is 3.59. The lowest BCUT2D eigenvalue weighted by molar-refractivity contribution is -0.121. The molecule has 0 aromatic heterocycles. The van der Waals surface area contributed by atoms with Crippen LogP contribution in [0.15, 0.2) is 52.3 Å². The Morgan fingerprint density at radius 1 is 1.25 bits per heavy atom. The predicted molar refractivity (Wildman–Crippen MR) is 110 cm³/mol. The van der Waals surface area contributed by atoms with Crippen molar-refractivity contribution in [2.75, 3.05) is 28.3 Å². The largest absolute Gasteiger partial charge is 0.324 e. The van der Waals surface area contributed by atoms with Crippen LogP contribution in [0.1, 0.15) is 12.5 Å². The number of carbonyl (C=O) groups is 2. The van der Waals surface area contributed by atoms with Crippen molar-refractivity contribution in [2.45, 2.75) is 23.1 Å². The van der Waals surface area contributed by atoms with Crippen LogP contribution < -0.4 is 10.2 Å². The van der Waals surface area contributed by atoms with E-state index in [-0.39, 0.29) is 22.5 Å². The maximum atomic E-state index is 12.9. The van der Waals surface area contributed by atoms with Gasteiger partial charge in [0, 0.05) is 23.0 Å². The molecule has 4 rings (SSSR count). The number of fused-ring (bicyclic) bond motifs is 2. The van der Waals surface area contributed by atoms with Crippen LogP contribution in [0, 0.1) is 5.92 Å². The second-order valence-corrected chi connectivity index (χ2v) is 10.1. The molecule has 0 unspecified atom stereocenters. The zero-order valence-corrected chi connectivity index (χ0v) is 17.0. The molecule has 0 saturated heterocycles. The van der Waals surface area contributed by atoms with Gasteiger partial charge in [-0.25, -0.2) is 8.42 Å². The standard InChI is InChI=1S/C20H20N2O4S2/c1-13(20(24)22-9-8-14-4-2-3-5-17(14)22)12-28(25,26)15-6-7-18-16(10-15)21-19(23)11-27-18/h2-7,10,13H,8-9,11-12H2,1H3,(H,21,23)/t13-/m0/s1. The van der Waals surface area contributed by atoms with Crippen LogP contribution in [0.4, 0.5) is 11.4 Å². The Morgan fingerprint density at radius 2 is 2.04 bits per heavy atom. The van der Waals surface area contributed by atoms with E-state index in [0.29, 0.717) is 18.0 Å². The molecule has 8 heteroatoms. The van der Waals surface area contributed by atoms with Crippen LogP contribution in [0.25, 0.3) is 0 Å². The summed E-state index contributed by atoms with van der Waals surface area (Å²) in [6.45, 7) is 2.22. The molecule has 0 bridgehead atoms. The molecule has 0 fully saturated rings. The third-order valence-corrected chi connectivity index (χ3v) is 7.97. The molecule has 2 aliphatic heterocycles. The molecule has 2 aliphatic rings. The van der Waals surface area contributed by atoms with Crippen molar-refractivity contribution in [3.05, 3.63) is 48.0 Å². The minimum absolute atomic E-state index is 0.121. The number of rotatable bonds is 4. The normalized spacial score (nSPS) is 16.9. The number of para-hydroxylation sites is 1. The van der Waals surface area contributed by atoms with Gasteiger partial charge in [0.05, 0.1) is 22.1 Å². The van der Waals surface area contributed by atoms with Gasteiger partial charge in [-0.2, -0.15) is 0 Å². The number of hydrogen-bond acceptors (Lipinski definition) is 5. The first kappa shape index (κ1) is 19.0. The van der Waals surface area contributed by atoms with Gasteiger partial charge in [-0.1, -0.05) is 25.1 Å². The molecular formula is C20H20N2O4S2. The average Bonchev–Trinajstić information content (AvgIpc) is 3.10. The molecule has 0 saturated carbocycles. The van der Waals surface area contributed by atoms with E-state index in [1.807, 2.05) is 24.3 Å². The SMILES string of the molecule is C[C@@H](CS(=O)(=O)c1ccc2c(c1)NC(=O)CS2)C(=O)N1CCc2ccccc21. The van der Waals surface area contributed by atoms with E-state index < -0.39 is 15.8 Å². The Labute approximate surface area is 168 Å².